The number of rotatable bonds is 6. The molecule has 0 saturated heterocycles. The molecule has 4 nitrogen and oxygen atoms in total. The molecule has 0 amide bonds. The molecule has 1 atom stereocenters. The second-order valence-corrected chi connectivity index (χ2v) is 3.86. The number of ether oxygens (including phenoxy) is 2. The van der Waals surface area contributed by atoms with Crippen LogP contribution in [0.4, 0.5) is 0 Å². The van der Waals surface area contributed by atoms with Gasteiger partial charge in [0, 0.05) is 20.6 Å². The van der Waals surface area contributed by atoms with Crippen molar-refractivity contribution in [1.29, 1.82) is 0 Å². The van der Waals surface area contributed by atoms with Crippen LogP contribution in [0.15, 0.2) is 16.8 Å². The van der Waals surface area contributed by atoms with Gasteiger partial charge in [-0.05, 0) is 22.4 Å². The molecule has 15 heavy (non-hydrogen) atoms. The van der Waals surface area contributed by atoms with Gasteiger partial charge < -0.3 is 14.6 Å². The van der Waals surface area contributed by atoms with Crippen LogP contribution in [0.25, 0.3) is 0 Å². The molecule has 0 spiro atoms. The van der Waals surface area contributed by atoms with Gasteiger partial charge in [-0.25, -0.2) is 0 Å². The van der Waals surface area contributed by atoms with Gasteiger partial charge in [-0.2, -0.15) is 11.3 Å². The molecule has 1 heterocycles. The zero-order valence-corrected chi connectivity index (χ0v) is 9.49. The lowest BCUT2D eigenvalue weighted by Crippen LogP contribution is -2.21. The van der Waals surface area contributed by atoms with Gasteiger partial charge in [0.25, 0.3) is 0 Å². The van der Waals surface area contributed by atoms with E-state index in [1.54, 1.807) is 0 Å². The molecule has 1 aromatic rings. The quantitative estimate of drug-likeness (QED) is 0.759. The molecule has 5 heteroatoms. The Balaban J connectivity index is 2.71. The van der Waals surface area contributed by atoms with E-state index >= 15 is 0 Å². The van der Waals surface area contributed by atoms with E-state index in [4.69, 9.17) is 14.6 Å². The zero-order chi connectivity index (χ0) is 11.3. The average molecular weight is 230 g/mol. The number of thiophene rings is 1. The highest BCUT2D eigenvalue weighted by Gasteiger charge is 2.24. The fourth-order valence-corrected chi connectivity index (χ4v) is 2.05. The monoisotopic (exact) mass is 230 g/mol. The molecule has 0 fully saturated rings. The standard InChI is InChI=1S/C10H14O4S/c1-13-9(14-2)5-8(10(11)12)7-3-4-15-6-7/h3-4,6,8-9H,5H2,1-2H3,(H,11,12). The second kappa shape index (κ2) is 5.85. The Bertz CT molecular complexity index is 292. The Morgan fingerprint density at radius 3 is 2.60 bits per heavy atom. The highest BCUT2D eigenvalue weighted by atomic mass is 32.1. The SMILES string of the molecule is COC(CC(C(=O)O)c1ccsc1)OC. The number of hydrogen-bond acceptors (Lipinski definition) is 4. The summed E-state index contributed by atoms with van der Waals surface area (Å²) in [6.07, 6.45) is -0.162. The van der Waals surface area contributed by atoms with Crippen molar-refractivity contribution in [2.24, 2.45) is 0 Å². The minimum atomic E-state index is -0.854. The van der Waals surface area contributed by atoms with E-state index in [2.05, 4.69) is 0 Å². The van der Waals surface area contributed by atoms with E-state index < -0.39 is 18.2 Å². The van der Waals surface area contributed by atoms with Gasteiger partial charge in [-0.15, -0.1) is 0 Å². The van der Waals surface area contributed by atoms with Crippen LogP contribution in [0.1, 0.15) is 17.9 Å². The second-order valence-electron chi connectivity index (χ2n) is 3.08. The third-order valence-corrected chi connectivity index (χ3v) is 2.90. The van der Waals surface area contributed by atoms with Gasteiger partial charge in [-0.3, -0.25) is 4.79 Å². The number of carboxylic acids is 1. The van der Waals surface area contributed by atoms with Crippen LogP contribution in [0.2, 0.25) is 0 Å². The van der Waals surface area contributed by atoms with Gasteiger partial charge in [0.15, 0.2) is 6.29 Å². The Labute approximate surface area is 92.4 Å². The first-order valence-electron chi connectivity index (χ1n) is 4.49. The lowest BCUT2D eigenvalue weighted by molar-refractivity contribution is -0.145. The summed E-state index contributed by atoms with van der Waals surface area (Å²) in [5, 5.41) is 12.8. The van der Waals surface area contributed by atoms with Crippen LogP contribution in [0.3, 0.4) is 0 Å². The molecule has 1 aromatic heterocycles. The molecule has 0 radical (unpaired) electrons. The summed E-state index contributed by atoms with van der Waals surface area (Å²) >= 11 is 1.48. The van der Waals surface area contributed by atoms with Crippen molar-refractivity contribution in [2.45, 2.75) is 18.6 Å². The molecule has 0 aliphatic rings. The summed E-state index contributed by atoms with van der Waals surface area (Å²) in [5.74, 6) is -1.42. The molecule has 84 valence electrons. The first-order valence-corrected chi connectivity index (χ1v) is 5.43. The lowest BCUT2D eigenvalue weighted by Gasteiger charge is -2.17. The van der Waals surface area contributed by atoms with Crippen LogP contribution in [-0.4, -0.2) is 31.6 Å². The van der Waals surface area contributed by atoms with Gasteiger partial charge >= 0.3 is 5.97 Å². The van der Waals surface area contributed by atoms with Crippen molar-refractivity contribution in [3.8, 4) is 0 Å². The zero-order valence-electron chi connectivity index (χ0n) is 8.67. The average Bonchev–Trinajstić information content (AvgIpc) is 2.72. The van der Waals surface area contributed by atoms with E-state index in [0.717, 1.165) is 5.56 Å². The third-order valence-electron chi connectivity index (χ3n) is 2.20. The van der Waals surface area contributed by atoms with Crippen molar-refractivity contribution in [3.63, 3.8) is 0 Å². The number of methoxy groups -OCH3 is 2. The molecule has 0 aliphatic heterocycles. The topological polar surface area (TPSA) is 55.8 Å². The molecule has 0 aromatic carbocycles. The number of carbonyl (C=O) groups is 1. The molecule has 1 N–H and O–H groups in total. The maximum atomic E-state index is 11.1. The summed E-state index contributed by atoms with van der Waals surface area (Å²) in [4.78, 5) is 11.1. The first-order chi connectivity index (χ1) is 7.19. The van der Waals surface area contributed by atoms with E-state index in [0.29, 0.717) is 6.42 Å². The number of aliphatic carboxylic acids is 1. The maximum Gasteiger partial charge on any atom is 0.311 e. The first kappa shape index (κ1) is 12.2. The normalized spacial score (nSPS) is 13.0. The van der Waals surface area contributed by atoms with Gasteiger partial charge in [0.1, 0.15) is 0 Å². The largest absolute Gasteiger partial charge is 0.481 e. The fourth-order valence-electron chi connectivity index (χ4n) is 1.33. The highest BCUT2D eigenvalue weighted by Crippen LogP contribution is 2.24. The molecule has 0 saturated carbocycles. The molecule has 1 unspecified atom stereocenters. The van der Waals surface area contributed by atoms with E-state index in [1.807, 2.05) is 16.8 Å². The molecular formula is C10H14O4S. The van der Waals surface area contributed by atoms with Crippen LogP contribution in [0.5, 0.6) is 0 Å². The summed E-state index contributed by atoms with van der Waals surface area (Å²) < 4.78 is 9.99. The van der Waals surface area contributed by atoms with E-state index in [9.17, 15) is 4.79 Å². The third kappa shape index (κ3) is 3.30. The van der Waals surface area contributed by atoms with Crippen molar-refractivity contribution in [1.82, 2.24) is 0 Å². The fraction of sp³-hybridized carbons (Fsp3) is 0.500. The molecule has 0 bridgehead atoms. The minimum absolute atomic E-state index is 0.319. The lowest BCUT2D eigenvalue weighted by atomic mass is 9.98. The molecule has 1 rings (SSSR count). The number of hydrogen-bond donors (Lipinski definition) is 1. The van der Waals surface area contributed by atoms with Gasteiger partial charge in [0.05, 0.1) is 5.92 Å². The van der Waals surface area contributed by atoms with Crippen molar-refractivity contribution < 1.29 is 19.4 Å². The van der Waals surface area contributed by atoms with Crippen LogP contribution >= 0.6 is 11.3 Å². The summed E-state index contributed by atoms with van der Waals surface area (Å²) in [5.41, 5.74) is 0.798. The summed E-state index contributed by atoms with van der Waals surface area (Å²) in [6, 6.07) is 1.81. The molecule has 0 aliphatic carbocycles. The minimum Gasteiger partial charge on any atom is -0.481 e. The maximum absolute atomic E-state index is 11.1. The summed E-state index contributed by atoms with van der Waals surface area (Å²) in [6.45, 7) is 0. The summed E-state index contributed by atoms with van der Waals surface area (Å²) in [7, 11) is 3.00. The smallest absolute Gasteiger partial charge is 0.311 e. The van der Waals surface area contributed by atoms with Crippen molar-refractivity contribution in [3.05, 3.63) is 22.4 Å². The van der Waals surface area contributed by atoms with E-state index in [1.165, 1.54) is 25.6 Å². The Kier molecular flexibility index (Phi) is 4.74. The molecular weight excluding hydrogens is 216 g/mol. The Morgan fingerprint density at radius 2 is 2.20 bits per heavy atom. The van der Waals surface area contributed by atoms with E-state index in [-0.39, 0.29) is 0 Å². The van der Waals surface area contributed by atoms with Crippen LogP contribution in [-0.2, 0) is 14.3 Å². The van der Waals surface area contributed by atoms with Crippen LogP contribution < -0.4 is 0 Å². The number of carboxylic acid groups (broad SMARTS) is 1. The Hall–Kier alpha value is -0.910. The van der Waals surface area contributed by atoms with Crippen molar-refractivity contribution >= 4 is 17.3 Å². The van der Waals surface area contributed by atoms with Gasteiger partial charge in [0.2, 0.25) is 0 Å². The Morgan fingerprint density at radius 1 is 1.53 bits per heavy atom. The van der Waals surface area contributed by atoms with Crippen LogP contribution in [0, 0.1) is 0 Å². The van der Waals surface area contributed by atoms with Crippen molar-refractivity contribution in [2.75, 3.05) is 14.2 Å². The highest BCUT2D eigenvalue weighted by molar-refractivity contribution is 7.08. The predicted molar refractivity (Wildman–Crippen MR) is 57.1 cm³/mol. The predicted octanol–water partition coefficient (Wildman–Crippen LogP) is 1.93. The van der Waals surface area contributed by atoms with Gasteiger partial charge in [-0.1, -0.05) is 0 Å².